The van der Waals surface area contributed by atoms with Crippen molar-refractivity contribution >= 4 is 46.2 Å². The van der Waals surface area contributed by atoms with Crippen LogP contribution in [0, 0.1) is 17.7 Å². The SMILES string of the molecule is COC(=O)N[C@H](C(=O)N1CCC[C@H]1c1ncc(-c2cc(F)c3c(c2)OC(c2ccc(C(C)C(F)(F)F)s2)n2c-3cc3cc(-c4cnc([C@@H]5CCCN5C(=O)[C@@H](NC(=O)OC)C(C)C)[nH]4)ccc32)[nH]1)C(C)C. The first-order valence-corrected chi connectivity index (χ1v) is 24.4. The zero-order valence-electron chi connectivity index (χ0n) is 40.1. The van der Waals surface area contributed by atoms with Crippen LogP contribution in [0.2, 0.25) is 0 Å². The van der Waals surface area contributed by atoms with E-state index in [2.05, 4.69) is 25.6 Å². The molecule has 2 fully saturated rings. The molecule has 16 nitrogen and oxygen atoms in total. The molecule has 7 heterocycles. The highest BCUT2D eigenvalue weighted by Crippen LogP contribution is 2.49. The number of alkyl carbamates (subject to hydrolysis) is 2. The second-order valence-electron chi connectivity index (χ2n) is 18.9. The molecule has 0 aliphatic carbocycles. The number of likely N-dealkylation sites (tertiary alicyclic amines) is 2. The van der Waals surface area contributed by atoms with Crippen LogP contribution in [0.4, 0.5) is 27.2 Å². The molecule has 21 heteroatoms. The molecule has 6 aromatic rings. The molecule has 4 amide bonds. The molecule has 0 bridgehead atoms. The second kappa shape index (κ2) is 19.4. The number of hydrogen-bond donors (Lipinski definition) is 4. The number of rotatable bonds is 12. The lowest BCUT2D eigenvalue weighted by molar-refractivity contribution is -0.145. The highest BCUT2D eigenvalue weighted by atomic mass is 32.1. The number of nitrogens with zero attached hydrogens (tertiary/aromatic N) is 5. The first-order valence-electron chi connectivity index (χ1n) is 23.6. The van der Waals surface area contributed by atoms with Gasteiger partial charge >= 0.3 is 18.4 Å². The van der Waals surface area contributed by atoms with Crippen LogP contribution in [0.1, 0.15) is 106 Å². The molecule has 2 aromatic carbocycles. The van der Waals surface area contributed by atoms with Crippen molar-refractivity contribution < 1.29 is 51.0 Å². The maximum absolute atomic E-state index is 16.9. The first-order chi connectivity index (χ1) is 33.9. The molecule has 3 aliphatic rings. The maximum atomic E-state index is 16.9. The Balaban J connectivity index is 1.05. The predicted molar refractivity (Wildman–Crippen MR) is 256 cm³/mol. The van der Waals surface area contributed by atoms with Crippen LogP contribution in [-0.4, -0.2) is 104 Å². The van der Waals surface area contributed by atoms with Gasteiger partial charge in [0.25, 0.3) is 0 Å². The van der Waals surface area contributed by atoms with Gasteiger partial charge in [-0.25, -0.2) is 23.9 Å². The van der Waals surface area contributed by atoms with Crippen molar-refractivity contribution in [2.45, 2.75) is 103 Å². The van der Waals surface area contributed by atoms with Crippen LogP contribution in [-0.2, 0) is 19.1 Å². The second-order valence-corrected chi connectivity index (χ2v) is 20.1. The molecule has 3 aliphatic heterocycles. The summed E-state index contributed by atoms with van der Waals surface area (Å²) in [6.07, 6.45) is -0.923. The number of nitrogens with one attached hydrogen (secondary N) is 4. The minimum Gasteiger partial charge on any atom is -0.464 e. The fraction of sp³-hybridized carbons (Fsp3) is 0.440. The third kappa shape index (κ3) is 9.31. The van der Waals surface area contributed by atoms with Gasteiger partial charge in [-0.05, 0) is 86.9 Å². The third-order valence-corrected chi connectivity index (χ3v) is 15.0. The van der Waals surface area contributed by atoms with Gasteiger partial charge in [0.1, 0.15) is 35.3 Å². The monoisotopic (exact) mass is 1000 g/mol. The standard InChI is InChI=1S/C50H55F4N9O7S/c1-24(2)41(59-48(66)68-6)45(64)61-16-8-10-34(61)43-55-22-31(57-43)27-12-13-33-29(18-27)20-36-40-30(51)19-28(21-37(40)70-47(63(33)36)39-15-14-38(71-39)26(5)50(52,53)54)32-23-56-44(58-32)35-11-9-17-62(35)46(65)42(25(3)4)60-49(67)69-7/h12-15,18-26,34-35,41-42,47H,8-11,16-17H2,1-7H3,(H,55,57)(H,56,58)(H,59,66)(H,60,67)/t26?,34-,35-,41-,42-,47?/m0/s1. The van der Waals surface area contributed by atoms with Gasteiger partial charge < -0.3 is 44.6 Å². The molecule has 0 radical (unpaired) electrons. The summed E-state index contributed by atoms with van der Waals surface area (Å²) in [5.41, 5.74) is 3.49. The number of amides is 4. The summed E-state index contributed by atoms with van der Waals surface area (Å²) in [6.45, 7) is 9.39. The van der Waals surface area contributed by atoms with Crippen molar-refractivity contribution in [3.05, 3.63) is 88.1 Å². The molecule has 4 N–H and O–H groups in total. The Labute approximate surface area is 410 Å². The Morgan fingerprint density at radius 3 is 1.87 bits per heavy atom. The topological polar surface area (TPSA) is 189 Å². The Morgan fingerprint density at radius 1 is 0.775 bits per heavy atom. The average molecular weight is 1000 g/mol. The van der Waals surface area contributed by atoms with Crippen molar-refractivity contribution in [3.8, 4) is 39.5 Å². The van der Waals surface area contributed by atoms with Gasteiger partial charge in [0, 0.05) is 34.5 Å². The number of H-pyrrole nitrogens is 2. The van der Waals surface area contributed by atoms with Crippen LogP contribution in [0.5, 0.6) is 5.75 Å². The van der Waals surface area contributed by atoms with Crippen LogP contribution >= 0.6 is 11.3 Å². The number of benzene rings is 2. The molecular formula is C50H55F4N9O7S. The van der Waals surface area contributed by atoms with E-state index in [1.54, 1.807) is 38.9 Å². The molecule has 9 rings (SSSR count). The number of alkyl halides is 3. The number of halogens is 4. The predicted octanol–water partition coefficient (Wildman–Crippen LogP) is 9.98. The van der Waals surface area contributed by atoms with Gasteiger partial charge in [-0.2, -0.15) is 13.2 Å². The van der Waals surface area contributed by atoms with E-state index in [4.69, 9.17) is 19.2 Å². The number of fused-ring (bicyclic) bond motifs is 5. The minimum atomic E-state index is -4.47. The Kier molecular flexibility index (Phi) is 13.4. The number of carbonyl (C=O) groups excluding carboxylic acids is 4. The average Bonchev–Trinajstić information content (AvgIpc) is 4.20. The number of imidazole rings is 2. The van der Waals surface area contributed by atoms with Gasteiger partial charge in [0.15, 0.2) is 0 Å². The summed E-state index contributed by atoms with van der Waals surface area (Å²) in [5.74, 6) is -2.06. The molecule has 4 aromatic heterocycles. The molecule has 2 unspecified atom stereocenters. The van der Waals surface area contributed by atoms with Crippen LogP contribution in [0.15, 0.2) is 60.9 Å². The normalized spacial score (nSPS) is 19.1. The summed E-state index contributed by atoms with van der Waals surface area (Å²) >= 11 is 0.975. The van der Waals surface area contributed by atoms with Gasteiger partial charge in [-0.1, -0.05) is 33.8 Å². The van der Waals surface area contributed by atoms with Gasteiger partial charge in [-0.15, -0.1) is 11.3 Å². The number of hydrogen-bond acceptors (Lipinski definition) is 10. The molecule has 0 saturated carbocycles. The van der Waals surface area contributed by atoms with Crippen LogP contribution in [0.25, 0.3) is 44.7 Å². The Bertz CT molecular complexity index is 3000. The minimum absolute atomic E-state index is 0.101. The van der Waals surface area contributed by atoms with Gasteiger partial charge in [0.2, 0.25) is 18.0 Å². The van der Waals surface area contributed by atoms with Gasteiger partial charge in [-0.3, -0.25) is 14.2 Å². The molecule has 6 atom stereocenters. The van der Waals surface area contributed by atoms with E-state index in [0.717, 1.165) is 30.2 Å². The number of thiophene rings is 1. The van der Waals surface area contributed by atoms with Crippen LogP contribution < -0.4 is 15.4 Å². The molecular weight excluding hydrogens is 947 g/mol. The number of carbonyl (C=O) groups is 4. The summed E-state index contributed by atoms with van der Waals surface area (Å²) < 4.78 is 76.9. The van der Waals surface area contributed by atoms with E-state index in [0.29, 0.717) is 82.4 Å². The highest BCUT2D eigenvalue weighted by molar-refractivity contribution is 7.12. The summed E-state index contributed by atoms with van der Waals surface area (Å²) in [6, 6.07) is 11.1. The number of aromatic amines is 2. The quantitative estimate of drug-likeness (QED) is 0.0865. The maximum Gasteiger partial charge on any atom is 0.407 e. The smallest absolute Gasteiger partial charge is 0.407 e. The molecule has 71 heavy (non-hydrogen) atoms. The van der Waals surface area contributed by atoms with E-state index < -0.39 is 54.5 Å². The molecule has 2 saturated heterocycles. The lowest BCUT2D eigenvalue weighted by atomic mass is 10.0. The number of ether oxygens (including phenoxy) is 3. The van der Waals surface area contributed by atoms with E-state index in [9.17, 15) is 32.3 Å². The highest BCUT2D eigenvalue weighted by Gasteiger charge is 2.41. The molecule has 0 spiro atoms. The zero-order chi connectivity index (χ0) is 50.6. The van der Waals surface area contributed by atoms with Crippen molar-refractivity contribution in [1.29, 1.82) is 0 Å². The van der Waals surface area contributed by atoms with Gasteiger partial charge in [0.05, 0.1) is 77.7 Å². The first kappa shape index (κ1) is 49.1. The van der Waals surface area contributed by atoms with E-state index in [1.807, 2.05) is 52.0 Å². The van der Waals surface area contributed by atoms with Crippen molar-refractivity contribution in [1.82, 2.24) is 44.9 Å². The van der Waals surface area contributed by atoms with E-state index in [1.165, 1.54) is 26.4 Å². The molecule has 376 valence electrons. The summed E-state index contributed by atoms with van der Waals surface area (Å²) in [4.78, 5) is 71.9. The number of aromatic nitrogens is 5. The fourth-order valence-corrected chi connectivity index (χ4v) is 11.0. The van der Waals surface area contributed by atoms with Crippen molar-refractivity contribution in [3.63, 3.8) is 0 Å². The van der Waals surface area contributed by atoms with Crippen LogP contribution in [0.3, 0.4) is 0 Å². The van der Waals surface area contributed by atoms with E-state index in [-0.39, 0.29) is 45.9 Å². The number of methoxy groups -OCH3 is 2. The van der Waals surface area contributed by atoms with E-state index >= 15 is 4.39 Å². The summed E-state index contributed by atoms with van der Waals surface area (Å²) in [7, 11) is 2.48. The largest absolute Gasteiger partial charge is 0.464 e. The summed E-state index contributed by atoms with van der Waals surface area (Å²) in [5, 5.41) is 6.01. The Hall–Kier alpha value is -6.90. The van der Waals surface area contributed by atoms with Crippen molar-refractivity contribution in [2.75, 3.05) is 27.3 Å². The van der Waals surface area contributed by atoms with Crippen molar-refractivity contribution in [2.24, 2.45) is 11.8 Å². The lowest BCUT2D eigenvalue weighted by Crippen LogP contribution is -2.51. The third-order valence-electron chi connectivity index (χ3n) is 13.7. The Morgan fingerprint density at radius 2 is 1.34 bits per heavy atom. The zero-order valence-corrected chi connectivity index (χ0v) is 41.0. The lowest BCUT2D eigenvalue weighted by Gasteiger charge is -2.30. The fourth-order valence-electron chi connectivity index (χ4n) is 9.87.